The third-order valence-electron chi connectivity index (χ3n) is 5.27. The molecule has 24 heavy (non-hydrogen) atoms. The molecule has 2 aliphatic rings. The summed E-state index contributed by atoms with van der Waals surface area (Å²) in [4.78, 5) is 9.10. The van der Waals surface area contributed by atoms with Crippen molar-refractivity contribution in [2.45, 2.75) is 38.5 Å². The van der Waals surface area contributed by atoms with Crippen LogP contribution in [0.3, 0.4) is 0 Å². The van der Waals surface area contributed by atoms with Crippen molar-refractivity contribution < 1.29 is 9.47 Å². The highest BCUT2D eigenvalue weighted by atomic mass is 16.5. The molecule has 0 saturated carbocycles. The van der Waals surface area contributed by atoms with Gasteiger partial charge in [0.2, 0.25) is 0 Å². The summed E-state index contributed by atoms with van der Waals surface area (Å²) in [5, 5.41) is 0. The molecule has 0 N–H and O–H groups in total. The number of pyridine rings is 1. The Bertz CT molecular complexity index is 511. The van der Waals surface area contributed by atoms with Gasteiger partial charge in [0.05, 0.1) is 19.8 Å². The summed E-state index contributed by atoms with van der Waals surface area (Å²) in [5.41, 5.74) is 1.12. The van der Waals surface area contributed by atoms with Gasteiger partial charge in [0.25, 0.3) is 0 Å². The third-order valence-corrected chi connectivity index (χ3v) is 5.27. The second-order valence-electron chi connectivity index (χ2n) is 7.72. The molecular weight excluding hydrogens is 302 g/mol. The number of aromatic nitrogens is 1. The second-order valence-corrected chi connectivity index (χ2v) is 7.72. The molecule has 1 spiro atoms. The molecule has 134 valence electrons. The van der Waals surface area contributed by atoms with Crippen molar-refractivity contribution in [3.05, 3.63) is 30.1 Å². The van der Waals surface area contributed by atoms with Gasteiger partial charge in [-0.25, -0.2) is 0 Å². The van der Waals surface area contributed by atoms with Crippen molar-refractivity contribution in [3.63, 3.8) is 0 Å². The number of nitrogens with zero attached hydrogens (tertiary/aromatic N) is 3. The molecule has 0 aromatic carbocycles. The lowest BCUT2D eigenvalue weighted by Gasteiger charge is -2.31. The topological polar surface area (TPSA) is 37.8 Å². The average molecular weight is 333 g/mol. The lowest BCUT2D eigenvalue weighted by atomic mass is 9.93. The highest BCUT2D eigenvalue weighted by Crippen LogP contribution is 2.33. The fourth-order valence-electron chi connectivity index (χ4n) is 3.75. The van der Waals surface area contributed by atoms with Crippen LogP contribution in [0, 0.1) is 5.92 Å². The maximum Gasteiger partial charge on any atom is 0.104 e. The Kier molecular flexibility index (Phi) is 5.87. The zero-order chi connectivity index (χ0) is 17.0. The van der Waals surface area contributed by atoms with E-state index >= 15 is 0 Å². The first kappa shape index (κ1) is 17.8. The van der Waals surface area contributed by atoms with Gasteiger partial charge in [-0.2, -0.15) is 0 Å². The van der Waals surface area contributed by atoms with Crippen LogP contribution in [0.2, 0.25) is 0 Å². The number of ether oxygens (including phenoxy) is 2. The molecular formula is C19H31N3O2. The van der Waals surface area contributed by atoms with Crippen LogP contribution in [0.4, 0.5) is 0 Å². The highest BCUT2D eigenvalue weighted by molar-refractivity contribution is 5.08. The molecule has 5 nitrogen and oxygen atoms in total. The molecule has 1 aromatic heterocycles. The van der Waals surface area contributed by atoms with Gasteiger partial charge in [-0.1, -0.05) is 6.07 Å². The molecule has 5 heteroatoms. The van der Waals surface area contributed by atoms with E-state index in [2.05, 4.69) is 41.7 Å². The van der Waals surface area contributed by atoms with Crippen molar-refractivity contribution in [2.24, 2.45) is 5.92 Å². The van der Waals surface area contributed by atoms with E-state index in [9.17, 15) is 0 Å². The van der Waals surface area contributed by atoms with Gasteiger partial charge < -0.3 is 14.4 Å². The molecule has 2 fully saturated rings. The minimum absolute atomic E-state index is 0.138. The molecule has 3 rings (SSSR count). The monoisotopic (exact) mass is 333 g/mol. The summed E-state index contributed by atoms with van der Waals surface area (Å²) in [6.07, 6.45) is 4.87. The zero-order valence-electron chi connectivity index (χ0n) is 15.3. The minimum atomic E-state index is -0.138. The lowest BCUT2D eigenvalue weighted by Crippen LogP contribution is -2.44. The van der Waals surface area contributed by atoms with E-state index in [1.54, 1.807) is 0 Å². The Balaban J connectivity index is 1.60. The predicted octanol–water partition coefficient (Wildman–Crippen LogP) is 2.03. The Hall–Kier alpha value is -1.01. The van der Waals surface area contributed by atoms with Gasteiger partial charge >= 0.3 is 0 Å². The smallest absolute Gasteiger partial charge is 0.104 e. The fourth-order valence-corrected chi connectivity index (χ4v) is 3.75. The van der Waals surface area contributed by atoms with Crippen LogP contribution in [-0.4, -0.2) is 72.9 Å². The number of rotatable bonds is 5. The van der Waals surface area contributed by atoms with Gasteiger partial charge in [0, 0.05) is 44.6 Å². The molecule has 0 amide bonds. The van der Waals surface area contributed by atoms with E-state index in [1.807, 2.05) is 18.5 Å². The average Bonchev–Trinajstić information content (AvgIpc) is 2.83. The van der Waals surface area contributed by atoms with Crippen molar-refractivity contribution in [1.29, 1.82) is 0 Å². The van der Waals surface area contributed by atoms with E-state index in [0.717, 1.165) is 52.4 Å². The summed E-state index contributed by atoms with van der Waals surface area (Å²) < 4.78 is 12.2. The summed E-state index contributed by atoms with van der Waals surface area (Å²) in [6.45, 7) is 10.8. The van der Waals surface area contributed by atoms with Gasteiger partial charge in [-0.05, 0) is 44.9 Å². The van der Waals surface area contributed by atoms with E-state index in [1.165, 1.54) is 5.56 Å². The number of hydrogen-bond donors (Lipinski definition) is 0. The molecule has 3 heterocycles. The molecule has 0 radical (unpaired) electrons. The molecule has 0 bridgehead atoms. The molecule has 0 unspecified atom stereocenters. The predicted molar refractivity (Wildman–Crippen MR) is 94.9 cm³/mol. The Morgan fingerprint density at radius 2 is 2.33 bits per heavy atom. The first-order chi connectivity index (χ1) is 11.6. The molecule has 2 saturated heterocycles. The van der Waals surface area contributed by atoms with Gasteiger partial charge in [-0.15, -0.1) is 0 Å². The standard InChI is InChI=1S/C19H31N3O2/c1-16(2)21(3)11-18-9-19(24-13-18)14-22(7-8-23-15-19)12-17-5-4-6-20-10-17/h4-6,10,16,18H,7-9,11-15H2,1-3H3/t18-,19-/m0/s1. The van der Waals surface area contributed by atoms with Gasteiger partial charge in [-0.3, -0.25) is 9.88 Å². The van der Waals surface area contributed by atoms with Crippen molar-refractivity contribution in [2.75, 3.05) is 46.5 Å². The Morgan fingerprint density at radius 3 is 3.08 bits per heavy atom. The van der Waals surface area contributed by atoms with Crippen LogP contribution in [0.5, 0.6) is 0 Å². The SMILES string of the molecule is CC(C)N(C)C[C@H]1CO[C@@]2(COCCN(Cc3cccnc3)C2)C1. The van der Waals surface area contributed by atoms with Crippen LogP contribution in [0.25, 0.3) is 0 Å². The lowest BCUT2D eigenvalue weighted by molar-refractivity contribution is -0.0563. The molecule has 1 aromatic rings. The molecule has 2 atom stereocenters. The van der Waals surface area contributed by atoms with Gasteiger partial charge in [0.15, 0.2) is 0 Å². The zero-order valence-corrected chi connectivity index (χ0v) is 15.3. The number of hydrogen-bond acceptors (Lipinski definition) is 5. The summed E-state index contributed by atoms with van der Waals surface area (Å²) in [5.74, 6) is 0.597. The van der Waals surface area contributed by atoms with Crippen LogP contribution < -0.4 is 0 Å². The quantitative estimate of drug-likeness (QED) is 0.824. The van der Waals surface area contributed by atoms with E-state index in [4.69, 9.17) is 9.47 Å². The van der Waals surface area contributed by atoms with E-state index in [0.29, 0.717) is 12.0 Å². The highest BCUT2D eigenvalue weighted by Gasteiger charge is 2.43. The maximum atomic E-state index is 6.31. The van der Waals surface area contributed by atoms with Gasteiger partial charge in [0.1, 0.15) is 5.60 Å². The first-order valence-electron chi connectivity index (χ1n) is 9.09. The third kappa shape index (κ3) is 4.54. The fraction of sp³-hybridized carbons (Fsp3) is 0.737. The molecule has 2 aliphatic heterocycles. The second kappa shape index (κ2) is 7.91. The van der Waals surface area contributed by atoms with Crippen molar-refractivity contribution >= 4 is 0 Å². The minimum Gasteiger partial charge on any atom is -0.377 e. The first-order valence-corrected chi connectivity index (χ1v) is 9.09. The van der Waals surface area contributed by atoms with Crippen LogP contribution in [0.15, 0.2) is 24.5 Å². The normalized spacial score (nSPS) is 28.8. The van der Waals surface area contributed by atoms with E-state index < -0.39 is 0 Å². The Labute approximate surface area is 145 Å². The summed E-state index contributed by atoms with van der Waals surface area (Å²) >= 11 is 0. The van der Waals surface area contributed by atoms with Crippen molar-refractivity contribution in [3.8, 4) is 0 Å². The maximum absolute atomic E-state index is 6.31. The summed E-state index contributed by atoms with van der Waals surface area (Å²) in [7, 11) is 2.20. The molecule has 0 aliphatic carbocycles. The van der Waals surface area contributed by atoms with Crippen LogP contribution >= 0.6 is 0 Å². The summed E-state index contributed by atoms with van der Waals surface area (Å²) in [6, 6.07) is 4.72. The van der Waals surface area contributed by atoms with Crippen LogP contribution in [0.1, 0.15) is 25.8 Å². The largest absolute Gasteiger partial charge is 0.377 e. The van der Waals surface area contributed by atoms with Crippen LogP contribution in [-0.2, 0) is 16.0 Å². The van der Waals surface area contributed by atoms with Crippen molar-refractivity contribution in [1.82, 2.24) is 14.8 Å². The van der Waals surface area contributed by atoms with E-state index in [-0.39, 0.29) is 5.60 Å². The Morgan fingerprint density at radius 1 is 1.46 bits per heavy atom.